The zero-order chi connectivity index (χ0) is 33.0. The molecule has 0 aliphatic rings. The van der Waals surface area contributed by atoms with Crippen LogP contribution in [-0.4, -0.2) is 35.3 Å². The molecule has 0 spiro atoms. The highest BCUT2D eigenvalue weighted by Crippen LogP contribution is 2.29. The topological polar surface area (TPSA) is 129 Å². The number of carbonyl (C=O) groups is 4. The van der Waals surface area contributed by atoms with E-state index in [2.05, 4.69) is 10.6 Å². The lowest BCUT2D eigenvalue weighted by Crippen LogP contribution is -2.27. The van der Waals surface area contributed by atoms with E-state index < -0.39 is 35.3 Å². The summed E-state index contributed by atoms with van der Waals surface area (Å²) in [6, 6.07) is 12.6. The molecule has 0 saturated heterocycles. The van der Waals surface area contributed by atoms with Crippen LogP contribution in [0.5, 0.6) is 11.5 Å². The maximum Gasteiger partial charge on any atom is 0.412 e. The molecule has 3 rings (SSSR count). The van der Waals surface area contributed by atoms with Gasteiger partial charge in [-0.25, -0.2) is 19.2 Å². The maximum absolute atomic E-state index is 12.9. The molecule has 10 nitrogen and oxygen atoms in total. The number of ether oxygens (including phenoxy) is 4. The largest absolute Gasteiger partial charge is 0.444 e. The molecule has 0 aromatic heterocycles. The zero-order valence-corrected chi connectivity index (χ0v) is 26.9. The summed E-state index contributed by atoms with van der Waals surface area (Å²) in [4.78, 5) is 50.1. The Morgan fingerprint density at radius 3 is 1.14 bits per heavy atom. The van der Waals surface area contributed by atoms with Crippen molar-refractivity contribution in [2.75, 3.05) is 10.6 Å². The quantitative estimate of drug-likeness (QED) is 0.214. The van der Waals surface area contributed by atoms with E-state index in [9.17, 15) is 19.2 Å². The first-order valence-corrected chi connectivity index (χ1v) is 14.1. The van der Waals surface area contributed by atoms with Gasteiger partial charge in [0, 0.05) is 11.4 Å². The number of benzene rings is 3. The molecule has 0 atom stereocenters. The molecular weight excluding hydrogens is 564 g/mol. The highest BCUT2D eigenvalue weighted by molar-refractivity contribution is 5.95. The number of nitrogens with one attached hydrogen (secondary N) is 2. The van der Waals surface area contributed by atoms with E-state index >= 15 is 0 Å². The predicted octanol–water partition coefficient (Wildman–Crippen LogP) is 8.05. The summed E-state index contributed by atoms with van der Waals surface area (Å²) < 4.78 is 21.8. The lowest BCUT2D eigenvalue weighted by molar-refractivity contribution is 0.0624. The van der Waals surface area contributed by atoms with Gasteiger partial charge < -0.3 is 18.9 Å². The number of rotatable bonds is 6. The molecule has 0 aliphatic carbocycles. The minimum atomic E-state index is -0.638. The number of esters is 2. The molecule has 0 bridgehead atoms. The fraction of sp³-hybridized carbons (Fsp3) is 0.353. The summed E-state index contributed by atoms with van der Waals surface area (Å²) in [7, 11) is 0. The molecular formula is C34H40N2O8. The molecule has 0 aliphatic heterocycles. The lowest BCUT2D eigenvalue weighted by atomic mass is 10.1. The van der Waals surface area contributed by atoms with Gasteiger partial charge in [0.25, 0.3) is 0 Å². The van der Waals surface area contributed by atoms with Gasteiger partial charge in [-0.1, -0.05) is 0 Å². The Morgan fingerprint density at radius 1 is 0.523 bits per heavy atom. The average Bonchev–Trinajstić information content (AvgIpc) is 2.87. The average molecular weight is 605 g/mol. The molecule has 3 aromatic rings. The van der Waals surface area contributed by atoms with Gasteiger partial charge in [-0.15, -0.1) is 0 Å². The molecule has 2 amide bonds. The molecule has 0 heterocycles. The Bertz CT molecular complexity index is 1460. The van der Waals surface area contributed by atoms with Crippen LogP contribution in [0.25, 0.3) is 0 Å². The van der Waals surface area contributed by atoms with Crippen molar-refractivity contribution in [3.05, 3.63) is 81.9 Å². The summed E-state index contributed by atoms with van der Waals surface area (Å²) >= 11 is 0. The molecule has 234 valence electrons. The minimum absolute atomic E-state index is 0.235. The Balaban J connectivity index is 1.65. The molecule has 3 aromatic carbocycles. The van der Waals surface area contributed by atoms with E-state index in [0.717, 1.165) is 0 Å². The Morgan fingerprint density at radius 2 is 0.841 bits per heavy atom. The second-order valence-electron chi connectivity index (χ2n) is 12.5. The van der Waals surface area contributed by atoms with Crippen molar-refractivity contribution >= 4 is 35.5 Å². The van der Waals surface area contributed by atoms with Crippen LogP contribution in [0.4, 0.5) is 21.0 Å². The third-order valence-electron chi connectivity index (χ3n) is 6.08. The number of amides is 2. The molecule has 0 unspecified atom stereocenters. The van der Waals surface area contributed by atoms with Gasteiger partial charge in [0.2, 0.25) is 0 Å². The van der Waals surface area contributed by atoms with Crippen LogP contribution < -0.4 is 20.1 Å². The first-order chi connectivity index (χ1) is 20.3. The van der Waals surface area contributed by atoms with Crippen LogP contribution in [0.2, 0.25) is 0 Å². The van der Waals surface area contributed by atoms with Crippen molar-refractivity contribution in [1.29, 1.82) is 0 Å². The summed E-state index contributed by atoms with van der Waals surface area (Å²) in [5.74, 6) is -0.554. The summed E-state index contributed by atoms with van der Waals surface area (Å²) in [5, 5.41) is 5.42. The van der Waals surface area contributed by atoms with Crippen LogP contribution in [0.15, 0.2) is 48.5 Å². The smallest absolute Gasteiger partial charge is 0.412 e. The van der Waals surface area contributed by atoms with Crippen molar-refractivity contribution in [2.45, 2.75) is 80.4 Å². The Labute approximate surface area is 258 Å². The predicted molar refractivity (Wildman–Crippen MR) is 168 cm³/mol. The van der Waals surface area contributed by atoms with Crippen molar-refractivity contribution < 1.29 is 38.1 Å². The molecule has 44 heavy (non-hydrogen) atoms. The van der Waals surface area contributed by atoms with E-state index in [1.54, 1.807) is 93.5 Å². The van der Waals surface area contributed by atoms with Crippen LogP contribution >= 0.6 is 0 Å². The van der Waals surface area contributed by atoms with Crippen LogP contribution in [0, 0.1) is 27.7 Å². The van der Waals surface area contributed by atoms with Crippen LogP contribution in [0.3, 0.4) is 0 Å². The fourth-order valence-electron chi connectivity index (χ4n) is 3.96. The van der Waals surface area contributed by atoms with Gasteiger partial charge in [-0.3, -0.25) is 10.6 Å². The summed E-state index contributed by atoms with van der Waals surface area (Å²) in [6.07, 6.45) is -1.17. The third kappa shape index (κ3) is 9.58. The van der Waals surface area contributed by atoms with Crippen molar-refractivity contribution in [1.82, 2.24) is 0 Å². The van der Waals surface area contributed by atoms with E-state index in [0.29, 0.717) is 45.1 Å². The van der Waals surface area contributed by atoms with Crippen molar-refractivity contribution in [2.24, 2.45) is 0 Å². The maximum atomic E-state index is 12.9. The van der Waals surface area contributed by atoms with E-state index in [-0.39, 0.29) is 11.1 Å². The molecule has 0 radical (unpaired) electrons. The monoisotopic (exact) mass is 604 g/mol. The highest BCUT2D eigenvalue weighted by atomic mass is 16.6. The van der Waals surface area contributed by atoms with Crippen LogP contribution in [0.1, 0.15) is 84.5 Å². The second-order valence-corrected chi connectivity index (χ2v) is 12.5. The molecule has 2 N–H and O–H groups in total. The summed E-state index contributed by atoms with van der Waals surface area (Å²) in [5.41, 5.74) is 2.90. The van der Waals surface area contributed by atoms with E-state index in [1.807, 2.05) is 0 Å². The minimum Gasteiger partial charge on any atom is -0.444 e. The van der Waals surface area contributed by atoms with E-state index in [4.69, 9.17) is 18.9 Å². The second kappa shape index (κ2) is 13.2. The van der Waals surface area contributed by atoms with Crippen molar-refractivity contribution in [3.8, 4) is 11.5 Å². The van der Waals surface area contributed by atoms with Gasteiger partial charge in [0.05, 0.1) is 11.1 Å². The number of hydrogen-bond donors (Lipinski definition) is 2. The highest BCUT2D eigenvalue weighted by Gasteiger charge is 2.20. The number of carbonyl (C=O) groups excluding carboxylic acids is 4. The van der Waals surface area contributed by atoms with Crippen LogP contribution in [-0.2, 0) is 9.47 Å². The molecule has 0 fully saturated rings. The Hall–Kier alpha value is -4.86. The van der Waals surface area contributed by atoms with Gasteiger partial charge in [0.15, 0.2) is 0 Å². The standard InChI is InChI=1S/C34H40N2O8/c1-19-17-27(21(3)15-25(19)35-31(39)43-33(5,6)7)41-29(37)23-11-13-24(14-12-23)30(38)42-28-18-20(2)26(16-22(28)4)36-32(40)44-34(8,9)10/h11-18H,1-10H3,(H,35,39)(H,36,40). The normalized spacial score (nSPS) is 11.3. The van der Waals surface area contributed by atoms with Gasteiger partial charge in [-0.05, 0) is 140 Å². The van der Waals surface area contributed by atoms with Gasteiger partial charge in [0.1, 0.15) is 22.7 Å². The summed E-state index contributed by atoms with van der Waals surface area (Å²) in [6.45, 7) is 17.7. The Kier molecular flexibility index (Phi) is 10.1. The first-order valence-electron chi connectivity index (χ1n) is 14.1. The molecule has 10 heteroatoms. The fourth-order valence-corrected chi connectivity index (χ4v) is 3.96. The van der Waals surface area contributed by atoms with E-state index in [1.165, 1.54) is 24.3 Å². The van der Waals surface area contributed by atoms with Gasteiger partial charge in [-0.2, -0.15) is 0 Å². The lowest BCUT2D eigenvalue weighted by Gasteiger charge is -2.20. The van der Waals surface area contributed by atoms with Crippen molar-refractivity contribution in [3.63, 3.8) is 0 Å². The SMILES string of the molecule is Cc1cc(OC(=O)c2ccc(C(=O)Oc3cc(C)c(NC(=O)OC(C)(C)C)cc3C)cc2)c(C)cc1NC(=O)OC(C)(C)C. The molecule has 0 saturated carbocycles. The zero-order valence-electron chi connectivity index (χ0n) is 26.9. The van der Waals surface area contributed by atoms with Gasteiger partial charge >= 0.3 is 24.1 Å². The number of aryl methyl sites for hydroxylation is 4. The number of hydrogen-bond acceptors (Lipinski definition) is 8. The third-order valence-corrected chi connectivity index (χ3v) is 6.08. The first kappa shape index (κ1) is 33.6. The number of anilines is 2.